The number of amides is 1. The summed E-state index contributed by atoms with van der Waals surface area (Å²) < 4.78 is 5.23. The summed E-state index contributed by atoms with van der Waals surface area (Å²) in [5, 5.41) is 11.8. The average Bonchev–Trinajstić information content (AvgIpc) is 2.84. The van der Waals surface area contributed by atoms with E-state index >= 15 is 0 Å². The molecule has 2 aromatic rings. The molecule has 5 heteroatoms. The maximum atomic E-state index is 12.0. The molecule has 0 spiro atoms. The zero-order valence-corrected chi connectivity index (χ0v) is 12.1. The molecule has 0 unspecified atom stereocenters. The quantitative estimate of drug-likeness (QED) is 0.915. The summed E-state index contributed by atoms with van der Waals surface area (Å²) in [4.78, 5) is 13.9. The fraction of sp³-hybridized carbons (Fsp3) is 0.250. The second-order valence-electron chi connectivity index (χ2n) is 4.88. The van der Waals surface area contributed by atoms with Crippen molar-refractivity contribution in [3.63, 3.8) is 0 Å². The Balaban J connectivity index is 1.93. The van der Waals surface area contributed by atoms with E-state index in [1.807, 2.05) is 24.9 Å². The lowest BCUT2D eigenvalue weighted by molar-refractivity contribution is -0.117. The van der Waals surface area contributed by atoms with Crippen LogP contribution in [0.3, 0.4) is 0 Å². The lowest BCUT2D eigenvalue weighted by Crippen LogP contribution is -2.30. The Bertz CT molecular complexity index is 670. The summed E-state index contributed by atoms with van der Waals surface area (Å²) in [5.74, 6) is 0.707. The van der Waals surface area contributed by atoms with Crippen LogP contribution in [0, 0.1) is 18.3 Å². The molecular weight excluding hydrogens is 266 g/mol. The number of carbonyl (C=O) groups is 1. The van der Waals surface area contributed by atoms with E-state index in [1.165, 1.54) is 0 Å². The number of hydrogen-bond acceptors (Lipinski definition) is 4. The van der Waals surface area contributed by atoms with E-state index in [9.17, 15) is 4.79 Å². The molecule has 0 fully saturated rings. The molecule has 0 atom stereocenters. The third kappa shape index (κ3) is 3.94. The number of nitrogens with one attached hydrogen (secondary N) is 1. The molecule has 0 saturated carbocycles. The summed E-state index contributed by atoms with van der Waals surface area (Å²) in [6.45, 7) is 2.77. The molecule has 5 nitrogen and oxygen atoms in total. The summed E-state index contributed by atoms with van der Waals surface area (Å²) in [6, 6.07) is 10.9. The highest BCUT2D eigenvalue weighted by Gasteiger charge is 2.11. The van der Waals surface area contributed by atoms with E-state index in [1.54, 1.807) is 30.5 Å². The minimum atomic E-state index is -0.152. The molecule has 1 heterocycles. The molecule has 1 aromatic heterocycles. The van der Waals surface area contributed by atoms with Gasteiger partial charge in [-0.2, -0.15) is 5.26 Å². The molecule has 0 aliphatic carbocycles. The fourth-order valence-electron chi connectivity index (χ4n) is 2.05. The van der Waals surface area contributed by atoms with Crippen molar-refractivity contribution in [2.45, 2.75) is 13.5 Å². The Labute approximate surface area is 123 Å². The molecule has 0 aliphatic heterocycles. The first-order valence-electron chi connectivity index (χ1n) is 6.60. The predicted molar refractivity (Wildman–Crippen MR) is 79.6 cm³/mol. The zero-order valence-electron chi connectivity index (χ0n) is 12.1. The lowest BCUT2D eigenvalue weighted by Gasteiger charge is -2.16. The Morgan fingerprint density at radius 1 is 1.38 bits per heavy atom. The van der Waals surface area contributed by atoms with Gasteiger partial charge in [-0.3, -0.25) is 9.69 Å². The molecular formula is C16H17N3O2. The minimum absolute atomic E-state index is 0.152. The summed E-state index contributed by atoms with van der Waals surface area (Å²) in [5.41, 5.74) is 2.06. The number of carbonyl (C=O) groups excluding carboxylic acids is 1. The summed E-state index contributed by atoms with van der Waals surface area (Å²) in [6.07, 6.45) is 1.64. The van der Waals surface area contributed by atoms with Gasteiger partial charge in [-0.05, 0) is 32.2 Å². The van der Waals surface area contributed by atoms with Crippen molar-refractivity contribution in [2.24, 2.45) is 0 Å². The van der Waals surface area contributed by atoms with Crippen molar-refractivity contribution in [3.8, 4) is 6.07 Å². The predicted octanol–water partition coefficient (Wildman–Crippen LogP) is 2.53. The standard InChI is InChI=1S/C16H17N3O2/c1-12-14(7-8-21-12)10-19(2)11-16(20)18-15-6-4-3-5-13(15)9-17/h3-8H,10-11H2,1-2H3,(H,18,20). The van der Waals surface area contributed by atoms with Crippen LogP contribution < -0.4 is 5.32 Å². The monoisotopic (exact) mass is 283 g/mol. The topological polar surface area (TPSA) is 69.3 Å². The van der Waals surface area contributed by atoms with Crippen LogP contribution in [0.25, 0.3) is 0 Å². The van der Waals surface area contributed by atoms with Crippen LogP contribution in [0.15, 0.2) is 41.0 Å². The van der Waals surface area contributed by atoms with E-state index in [0.717, 1.165) is 11.3 Å². The van der Waals surface area contributed by atoms with Gasteiger partial charge in [0.05, 0.1) is 24.1 Å². The Morgan fingerprint density at radius 2 is 2.14 bits per heavy atom. The zero-order chi connectivity index (χ0) is 15.2. The Kier molecular flexibility index (Phi) is 4.75. The normalized spacial score (nSPS) is 10.4. The smallest absolute Gasteiger partial charge is 0.238 e. The molecule has 1 aromatic carbocycles. The van der Waals surface area contributed by atoms with Crippen LogP contribution in [0.2, 0.25) is 0 Å². The van der Waals surface area contributed by atoms with Gasteiger partial charge in [0.25, 0.3) is 0 Å². The number of likely N-dealkylation sites (N-methyl/N-ethyl adjacent to an activating group) is 1. The third-order valence-corrected chi connectivity index (χ3v) is 3.14. The van der Waals surface area contributed by atoms with E-state index in [2.05, 4.69) is 11.4 Å². The van der Waals surface area contributed by atoms with Crippen molar-refractivity contribution in [3.05, 3.63) is 53.5 Å². The highest BCUT2D eigenvalue weighted by molar-refractivity contribution is 5.93. The Morgan fingerprint density at radius 3 is 2.81 bits per heavy atom. The van der Waals surface area contributed by atoms with Gasteiger partial charge < -0.3 is 9.73 Å². The number of nitriles is 1. The first-order chi connectivity index (χ1) is 10.1. The molecule has 21 heavy (non-hydrogen) atoms. The molecule has 1 amide bonds. The highest BCUT2D eigenvalue weighted by atomic mass is 16.3. The SMILES string of the molecule is Cc1occc1CN(C)CC(=O)Nc1ccccc1C#N. The number of nitrogens with zero attached hydrogens (tertiary/aromatic N) is 2. The summed E-state index contributed by atoms with van der Waals surface area (Å²) in [7, 11) is 1.86. The number of aryl methyl sites for hydroxylation is 1. The van der Waals surface area contributed by atoms with Gasteiger partial charge in [0, 0.05) is 12.1 Å². The Hall–Kier alpha value is -2.58. The molecule has 0 radical (unpaired) electrons. The maximum Gasteiger partial charge on any atom is 0.238 e. The van der Waals surface area contributed by atoms with Gasteiger partial charge in [-0.15, -0.1) is 0 Å². The van der Waals surface area contributed by atoms with Gasteiger partial charge >= 0.3 is 0 Å². The van der Waals surface area contributed by atoms with Crippen molar-refractivity contribution >= 4 is 11.6 Å². The van der Waals surface area contributed by atoms with Crippen LogP contribution in [0.4, 0.5) is 5.69 Å². The molecule has 0 bridgehead atoms. The maximum absolute atomic E-state index is 12.0. The van der Waals surface area contributed by atoms with Crippen molar-refractivity contribution in [1.82, 2.24) is 4.90 Å². The second-order valence-corrected chi connectivity index (χ2v) is 4.88. The van der Waals surface area contributed by atoms with Gasteiger partial charge in [0.1, 0.15) is 11.8 Å². The van der Waals surface area contributed by atoms with Gasteiger partial charge in [0.15, 0.2) is 0 Å². The number of hydrogen-bond donors (Lipinski definition) is 1. The number of benzene rings is 1. The number of rotatable bonds is 5. The second kappa shape index (κ2) is 6.73. The molecule has 0 aliphatic rings. The number of para-hydroxylation sites is 1. The average molecular weight is 283 g/mol. The van der Waals surface area contributed by atoms with Crippen molar-refractivity contribution < 1.29 is 9.21 Å². The fourth-order valence-corrected chi connectivity index (χ4v) is 2.05. The molecule has 2 rings (SSSR count). The highest BCUT2D eigenvalue weighted by Crippen LogP contribution is 2.14. The van der Waals surface area contributed by atoms with Crippen molar-refractivity contribution in [2.75, 3.05) is 18.9 Å². The van der Waals surface area contributed by atoms with Crippen LogP contribution in [0.5, 0.6) is 0 Å². The van der Waals surface area contributed by atoms with Crippen LogP contribution >= 0.6 is 0 Å². The largest absolute Gasteiger partial charge is 0.469 e. The molecule has 108 valence electrons. The van der Waals surface area contributed by atoms with E-state index < -0.39 is 0 Å². The van der Waals surface area contributed by atoms with Gasteiger partial charge in [0.2, 0.25) is 5.91 Å². The van der Waals surface area contributed by atoms with E-state index in [4.69, 9.17) is 9.68 Å². The first-order valence-corrected chi connectivity index (χ1v) is 6.60. The van der Waals surface area contributed by atoms with Crippen LogP contribution in [0.1, 0.15) is 16.9 Å². The number of anilines is 1. The lowest BCUT2D eigenvalue weighted by atomic mass is 10.2. The summed E-state index contributed by atoms with van der Waals surface area (Å²) >= 11 is 0. The molecule has 0 saturated heterocycles. The molecule has 1 N–H and O–H groups in total. The van der Waals surface area contributed by atoms with E-state index in [0.29, 0.717) is 17.8 Å². The van der Waals surface area contributed by atoms with Gasteiger partial charge in [-0.1, -0.05) is 12.1 Å². The van der Waals surface area contributed by atoms with Crippen LogP contribution in [-0.2, 0) is 11.3 Å². The van der Waals surface area contributed by atoms with Gasteiger partial charge in [-0.25, -0.2) is 0 Å². The van der Waals surface area contributed by atoms with Crippen molar-refractivity contribution in [1.29, 1.82) is 5.26 Å². The van der Waals surface area contributed by atoms with E-state index in [-0.39, 0.29) is 12.5 Å². The third-order valence-electron chi connectivity index (χ3n) is 3.14. The minimum Gasteiger partial charge on any atom is -0.469 e. The first kappa shape index (κ1) is 14.8. The number of furan rings is 1. The van der Waals surface area contributed by atoms with Crippen LogP contribution in [-0.4, -0.2) is 24.4 Å².